The van der Waals surface area contributed by atoms with E-state index in [2.05, 4.69) is 5.32 Å². The average molecular weight is 354 g/mol. The number of rotatable bonds is 7. The Hall–Kier alpha value is -1.44. The molecule has 1 aromatic carbocycles. The van der Waals surface area contributed by atoms with Crippen LogP contribution in [0, 0.1) is 0 Å². The van der Waals surface area contributed by atoms with Gasteiger partial charge in [0.05, 0.1) is 11.0 Å². The zero-order chi connectivity index (χ0) is 17.6. The third-order valence-corrected chi connectivity index (χ3v) is 6.02. The minimum Gasteiger partial charge on any atom is -0.392 e. The molecule has 1 unspecified atom stereocenters. The van der Waals surface area contributed by atoms with Crippen LogP contribution in [-0.2, 0) is 21.2 Å². The van der Waals surface area contributed by atoms with E-state index in [-0.39, 0.29) is 12.5 Å². The SMILES string of the molecule is CC(O)CNC(=O)CCc1ccc(S(=O)(=O)N2CCCCC2)cc1. The quantitative estimate of drug-likeness (QED) is 0.772. The molecular weight excluding hydrogens is 328 g/mol. The summed E-state index contributed by atoms with van der Waals surface area (Å²) in [5, 5.41) is 11.8. The molecule has 0 aliphatic carbocycles. The lowest BCUT2D eigenvalue weighted by molar-refractivity contribution is -0.121. The van der Waals surface area contributed by atoms with Crippen molar-refractivity contribution in [1.29, 1.82) is 0 Å². The lowest BCUT2D eigenvalue weighted by atomic mass is 10.1. The molecule has 0 spiro atoms. The van der Waals surface area contributed by atoms with Crippen molar-refractivity contribution in [3.05, 3.63) is 29.8 Å². The summed E-state index contributed by atoms with van der Waals surface area (Å²) < 4.78 is 26.7. The number of hydrogen-bond acceptors (Lipinski definition) is 4. The molecular formula is C17H26N2O4S. The maximum Gasteiger partial charge on any atom is 0.243 e. The van der Waals surface area contributed by atoms with E-state index in [0.29, 0.717) is 30.8 Å². The van der Waals surface area contributed by atoms with Gasteiger partial charge in [-0.2, -0.15) is 4.31 Å². The summed E-state index contributed by atoms with van der Waals surface area (Å²) in [6, 6.07) is 6.76. The van der Waals surface area contributed by atoms with Crippen molar-refractivity contribution in [3.63, 3.8) is 0 Å². The summed E-state index contributed by atoms with van der Waals surface area (Å²) in [7, 11) is -3.40. The highest BCUT2D eigenvalue weighted by molar-refractivity contribution is 7.89. The van der Waals surface area contributed by atoms with E-state index >= 15 is 0 Å². The topological polar surface area (TPSA) is 86.7 Å². The Kier molecular flexibility index (Phi) is 6.77. The van der Waals surface area contributed by atoms with Crippen LogP contribution >= 0.6 is 0 Å². The van der Waals surface area contributed by atoms with Crippen LogP contribution in [0.25, 0.3) is 0 Å². The van der Waals surface area contributed by atoms with Crippen LogP contribution < -0.4 is 5.32 Å². The maximum absolute atomic E-state index is 12.6. The molecule has 1 amide bonds. The Morgan fingerprint density at radius 1 is 1.21 bits per heavy atom. The van der Waals surface area contributed by atoms with Crippen molar-refractivity contribution in [2.24, 2.45) is 0 Å². The highest BCUT2D eigenvalue weighted by Crippen LogP contribution is 2.21. The molecule has 0 bridgehead atoms. The van der Waals surface area contributed by atoms with Crippen LogP contribution in [0.15, 0.2) is 29.2 Å². The molecule has 134 valence electrons. The molecule has 1 atom stereocenters. The smallest absolute Gasteiger partial charge is 0.243 e. The van der Waals surface area contributed by atoms with Gasteiger partial charge in [0.2, 0.25) is 15.9 Å². The molecule has 1 fully saturated rings. The van der Waals surface area contributed by atoms with E-state index in [1.807, 2.05) is 0 Å². The molecule has 1 aliphatic heterocycles. The van der Waals surface area contributed by atoms with Gasteiger partial charge in [-0.1, -0.05) is 18.6 Å². The zero-order valence-electron chi connectivity index (χ0n) is 14.1. The number of carbonyl (C=O) groups excluding carboxylic acids is 1. The van der Waals surface area contributed by atoms with Crippen molar-refractivity contribution in [1.82, 2.24) is 9.62 Å². The number of carbonyl (C=O) groups is 1. The second-order valence-corrected chi connectivity index (χ2v) is 8.20. The first kappa shape index (κ1) is 18.9. The fourth-order valence-corrected chi connectivity index (χ4v) is 4.21. The Balaban J connectivity index is 1.91. The van der Waals surface area contributed by atoms with Crippen LogP contribution in [0.4, 0.5) is 0 Å². The van der Waals surface area contributed by atoms with Crippen molar-refractivity contribution in [2.75, 3.05) is 19.6 Å². The molecule has 0 aromatic heterocycles. The lowest BCUT2D eigenvalue weighted by Gasteiger charge is -2.25. The standard InChI is InChI=1S/C17H26N2O4S/c1-14(20)13-18-17(21)10-7-15-5-8-16(9-6-15)24(22,23)19-11-3-2-4-12-19/h5-6,8-9,14,20H,2-4,7,10-13H2,1H3,(H,18,21). The molecule has 2 N–H and O–H groups in total. The molecule has 7 heteroatoms. The van der Waals surface area contributed by atoms with E-state index in [1.165, 1.54) is 0 Å². The number of piperidine rings is 1. The van der Waals surface area contributed by atoms with Gasteiger partial charge in [0.25, 0.3) is 0 Å². The van der Waals surface area contributed by atoms with Crippen LogP contribution in [0.1, 0.15) is 38.2 Å². The number of benzene rings is 1. The Morgan fingerprint density at radius 2 is 1.83 bits per heavy atom. The first-order valence-corrected chi connectivity index (χ1v) is 9.87. The number of hydrogen-bond donors (Lipinski definition) is 2. The highest BCUT2D eigenvalue weighted by Gasteiger charge is 2.25. The summed E-state index contributed by atoms with van der Waals surface area (Å²) in [5.41, 5.74) is 0.916. The van der Waals surface area contributed by atoms with Crippen LogP contribution in [0.2, 0.25) is 0 Å². The summed E-state index contributed by atoms with van der Waals surface area (Å²) in [4.78, 5) is 11.9. The Labute approximate surface area is 143 Å². The molecule has 1 saturated heterocycles. The average Bonchev–Trinajstić information content (AvgIpc) is 2.59. The second kappa shape index (κ2) is 8.60. The minimum absolute atomic E-state index is 0.124. The molecule has 6 nitrogen and oxygen atoms in total. The first-order chi connectivity index (χ1) is 11.4. The Morgan fingerprint density at radius 3 is 2.42 bits per heavy atom. The van der Waals surface area contributed by atoms with Crippen molar-refractivity contribution < 1.29 is 18.3 Å². The molecule has 1 aromatic rings. The molecule has 1 heterocycles. The number of aryl methyl sites for hydroxylation is 1. The largest absolute Gasteiger partial charge is 0.392 e. The van der Waals surface area contributed by atoms with Gasteiger partial charge in [0.1, 0.15) is 0 Å². The third kappa shape index (κ3) is 5.29. The van der Waals surface area contributed by atoms with Gasteiger partial charge in [-0.25, -0.2) is 8.42 Å². The monoisotopic (exact) mass is 354 g/mol. The first-order valence-electron chi connectivity index (χ1n) is 8.43. The zero-order valence-corrected chi connectivity index (χ0v) is 14.9. The third-order valence-electron chi connectivity index (χ3n) is 4.11. The van der Waals surface area contributed by atoms with Crippen LogP contribution in [-0.4, -0.2) is 49.5 Å². The van der Waals surface area contributed by atoms with Gasteiger partial charge >= 0.3 is 0 Å². The van der Waals surface area contributed by atoms with Crippen LogP contribution in [0.5, 0.6) is 0 Å². The van der Waals surface area contributed by atoms with E-state index in [0.717, 1.165) is 24.8 Å². The number of nitrogens with zero attached hydrogens (tertiary/aromatic N) is 1. The highest BCUT2D eigenvalue weighted by atomic mass is 32.2. The molecule has 0 saturated carbocycles. The molecule has 0 radical (unpaired) electrons. The summed E-state index contributed by atoms with van der Waals surface area (Å²) in [6.07, 6.45) is 3.20. The number of aliphatic hydroxyl groups is 1. The van der Waals surface area contributed by atoms with Gasteiger partial charge in [-0.05, 0) is 43.9 Å². The second-order valence-electron chi connectivity index (χ2n) is 6.26. The summed E-state index contributed by atoms with van der Waals surface area (Å²) in [6.45, 7) is 3.04. The predicted molar refractivity (Wildman–Crippen MR) is 92.1 cm³/mol. The van der Waals surface area contributed by atoms with E-state index in [9.17, 15) is 13.2 Å². The number of amides is 1. The minimum atomic E-state index is -3.40. The summed E-state index contributed by atoms with van der Waals surface area (Å²) in [5.74, 6) is -0.124. The maximum atomic E-state index is 12.6. The predicted octanol–water partition coefficient (Wildman–Crippen LogP) is 1.29. The normalized spacial score (nSPS) is 17.4. The fraction of sp³-hybridized carbons (Fsp3) is 0.588. The van der Waals surface area contributed by atoms with Gasteiger partial charge in [-0.15, -0.1) is 0 Å². The van der Waals surface area contributed by atoms with Crippen molar-refractivity contribution in [3.8, 4) is 0 Å². The van der Waals surface area contributed by atoms with E-state index in [1.54, 1.807) is 35.5 Å². The van der Waals surface area contributed by atoms with Gasteiger partial charge in [0.15, 0.2) is 0 Å². The Bertz CT molecular complexity index is 635. The van der Waals surface area contributed by atoms with Gasteiger partial charge < -0.3 is 10.4 Å². The van der Waals surface area contributed by atoms with Crippen molar-refractivity contribution >= 4 is 15.9 Å². The van der Waals surface area contributed by atoms with E-state index < -0.39 is 16.1 Å². The van der Waals surface area contributed by atoms with Gasteiger partial charge in [0, 0.05) is 26.1 Å². The summed E-state index contributed by atoms with van der Waals surface area (Å²) >= 11 is 0. The fourth-order valence-electron chi connectivity index (χ4n) is 2.69. The molecule has 1 aliphatic rings. The van der Waals surface area contributed by atoms with E-state index in [4.69, 9.17) is 5.11 Å². The number of sulfonamides is 1. The van der Waals surface area contributed by atoms with Gasteiger partial charge in [-0.3, -0.25) is 4.79 Å². The number of aliphatic hydroxyl groups excluding tert-OH is 1. The van der Waals surface area contributed by atoms with Crippen molar-refractivity contribution in [2.45, 2.75) is 50.0 Å². The lowest BCUT2D eigenvalue weighted by Crippen LogP contribution is -2.35. The number of nitrogens with one attached hydrogen (secondary N) is 1. The molecule has 2 rings (SSSR count). The van der Waals surface area contributed by atoms with Crippen LogP contribution in [0.3, 0.4) is 0 Å². The molecule has 24 heavy (non-hydrogen) atoms.